The van der Waals surface area contributed by atoms with Crippen LogP contribution in [0.4, 0.5) is 0 Å². The van der Waals surface area contributed by atoms with Crippen molar-refractivity contribution in [2.24, 2.45) is 16.1 Å². The number of para-hydroxylation sites is 1. The van der Waals surface area contributed by atoms with Crippen LogP contribution in [0.5, 0.6) is 0 Å². The predicted molar refractivity (Wildman–Crippen MR) is 130 cm³/mol. The molecule has 164 valence electrons. The fourth-order valence-corrected chi connectivity index (χ4v) is 4.24. The molecule has 4 nitrogen and oxygen atoms in total. The molecule has 2 aromatic rings. The van der Waals surface area contributed by atoms with Crippen molar-refractivity contribution >= 4 is 29.2 Å². The van der Waals surface area contributed by atoms with E-state index in [2.05, 4.69) is 49.0 Å². The summed E-state index contributed by atoms with van der Waals surface area (Å²) in [5.74, 6) is 0.602. The van der Waals surface area contributed by atoms with Crippen LogP contribution in [-0.4, -0.2) is 22.9 Å². The third kappa shape index (κ3) is 6.93. The van der Waals surface area contributed by atoms with Crippen LogP contribution in [0.25, 0.3) is 10.9 Å². The highest BCUT2D eigenvalue weighted by Crippen LogP contribution is 2.24. The van der Waals surface area contributed by atoms with Crippen molar-refractivity contribution in [3.63, 3.8) is 0 Å². The Hall–Kier alpha value is -2.23. The number of aryl methyl sites for hydroxylation is 1. The van der Waals surface area contributed by atoms with E-state index in [0.29, 0.717) is 12.3 Å². The first kappa shape index (κ1) is 24.0. The molecule has 0 saturated heterocycles. The van der Waals surface area contributed by atoms with Crippen molar-refractivity contribution in [3.8, 4) is 0 Å². The molecule has 4 heteroatoms. The van der Waals surface area contributed by atoms with Gasteiger partial charge in [-0.2, -0.15) is 10.2 Å². The van der Waals surface area contributed by atoms with E-state index in [0.717, 1.165) is 54.4 Å². The van der Waals surface area contributed by atoms with Gasteiger partial charge >= 0.3 is 0 Å². The highest BCUT2D eigenvalue weighted by Gasteiger charge is 2.17. The maximum Gasteiger partial charge on any atom is 0.231 e. The van der Waals surface area contributed by atoms with Crippen molar-refractivity contribution in [3.05, 3.63) is 36.0 Å². The molecule has 0 bridgehead atoms. The van der Waals surface area contributed by atoms with E-state index in [4.69, 9.17) is 0 Å². The van der Waals surface area contributed by atoms with Crippen molar-refractivity contribution in [1.82, 2.24) is 4.57 Å². The fourth-order valence-electron chi connectivity index (χ4n) is 4.24. The maximum atomic E-state index is 13.2. The second-order valence-corrected chi connectivity index (χ2v) is 8.35. The predicted octanol–water partition coefficient (Wildman–Crippen LogP) is 7.46. The molecule has 1 heterocycles. The number of aromatic nitrogens is 1. The number of carbonyl (C=O) groups is 1. The molecule has 1 unspecified atom stereocenters. The minimum absolute atomic E-state index is 0.215. The van der Waals surface area contributed by atoms with Gasteiger partial charge in [0, 0.05) is 29.9 Å². The van der Waals surface area contributed by atoms with Gasteiger partial charge < -0.3 is 0 Å². The summed E-state index contributed by atoms with van der Waals surface area (Å²) in [6, 6.07) is 10.5. The van der Waals surface area contributed by atoms with Crippen molar-refractivity contribution in [2.75, 3.05) is 0 Å². The maximum absolute atomic E-state index is 13.2. The summed E-state index contributed by atoms with van der Waals surface area (Å²) >= 11 is 0. The average molecular weight is 410 g/mol. The summed E-state index contributed by atoms with van der Waals surface area (Å²) in [6.07, 6.45) is 11.7. The van der Waals surface area contributed by atoms with Gasteiger partial charge in [-0.25, -0.2) is 0 Å². The average Bonchev–Trinajstić information content (AvgIpc) is 3.12. The summed E-state index contributed by atoms with van der Waals surface area (Å²) in [5.41, 5.74) is 3.24. The van der Waals surface area contributed by atoms with Crippen LogP contribution in [0.3, 0.4) is 0 Å². The smallest absolute Gasteiger partial charge is 0.231 e. The van der Waals surface area contributed by atoms with Crippen LogP contribution in [0, 0.1) is 5.92 Å². The molecule has 0 aliphatic carbocycles. The molecular weight excluding hydrogens is 370 g/mol. The topological polar surface area (TPSA) is 46.7 Å². The Morgan fingerprint density at radius 2 is 1.77 bits per heavy atom. The third-order valence-electron chi connectivity index (χ3n) is 5.99. The standard InChI is InChI=1S/C26H39N3O/c1-5-7-9-10-17-24-20-23-15-11-12-18-25(23)29(24)26(30)19-13-16-22(14-8-6-2)21(3)28-27-4/h11-12,15,18,20,22H,4-10,13-14,16-17,19H2,1-3H3. The summed E-state index contributed by atoms with van der Waals surface area (Å²) in [4.78, 5) is 13.2. The van der Waals surface area contributed by atoms with Gasteiger partial charge in [-0.3, -0.25) is 9.36 Å². The van der Waals surface area contributed by atoms with Crippen molar-refractivity contribution in [1.29, 1.82) is 0 Å². The zero-order valence-corrected chi connectivity index (χ0v) is 19.2. The second-order valence-electron chi connectivity index (χ2n) is 8.35. The van der Waals surface area contributed by atoms with Crippen LogP contribution < -0.4 is 0 Å². The molecule has 0 aliphatic rings. The first-order valence-corrected chi connectivity index (χ1v) is 11.7. The number of rotatable bonds is 14. The van der Waals surface area contributed by atoms with Crippen LogP contribution in [0.15, 0.2) is 40.5 Å². The molecule has 0 radical (unpaired) electrons. The van der Waals surface area contributed by atoms with E-state index in [1.807, 2.05) is 23.6 Å². The zero-order valence-electron chi connectivity index (χ0n) is 19.2. The molecule has 1 atom stereocenters. The van der Waals surface area contributed by atoms with Gasteiger partial charge in [-0.1, -0.05) is 64.2 Å². The summed E-state index contributed by atoms with van der Waals surface area (Å²) in [5, 5.41) is 9.04. The minimum Gasteiger partial charge on any atom is -0.284 e. The normalized spacial score (nSPS) is 13.0. The molecular formula is C26H39N3O. The quantitative estimate of drug-likeness (QED) is 0.181. The van der Waals surface area contributed by atoms with Gasteiger partial charge in [0.1, 0.15) is 0 Å². The number of benzene rings is 1. The lowest BCUT2D eigenvalue weighted by atomic mass is 9.92. The van der Waals surface area contributed by atoms with E-state index in [1.165, 1.54) is 32.1 Å². The monoisotopic (exact) mass is 409 g/mol. The Bertz CT molecular complexity index is 834. The zero-order chi connectivity index (χ0) is 21.8. The number of fused-ring (bicyclic) bond motifs is 1. The minimum atomic E-state index is 0.215. The van der Waals surface area contributed by atoms with Crippen LogP contribution >= 0.6 is 0 Å². The van der Waals surface area contributed by atoms with Crippen LogP contribution in [0.1, 0.15) is 95.5 Å². The van der Waals surface area contributed by atoms with E-state index in [9.17, 15) is 4.79 Å². The Labute approximate surface area is 182 Å². The SMILES string of the molecule is C=NN=C(C)C(CCCC)CCCC(=O)n1c(CCCCCC)cc2ccccc21. The molecule has 0 N–H and O–H groups in total. The fraction of sp³-hybridized carbons (Fsp3) is 0.577. The van der Waals surface area contributed by atoms with Crippen LogP contribution in [-0.2, 0) is 6.42 Å². The van der Waals surface area contributed by atoms with Gasteiger partial charge in [-0.05, 0) is 57.1 Å². The van der Waals surface area contributed by atoms with Crippen molar-refractivity contribution < 1.29 is 4.79 Å². The molecule has 0 amide bonds. The lowest BCUT2D eigenvalue weighted by Gasteiger charge is -2.16. The molecule has 0 fully saturated rings. The number of unbranched alkanes of at least 4 members (excludes halogenated alkanes) is 4. The number of hydrogen-bond acceptors (Lipinski definition) is 3. The Kier molecular flexibility index (Phi) is 10.5. The van der Waals surface area contributed by atoms with E-state index >= 15 is 0 Å². The third-order valence-corrected chi connectivity index (χ3v) is 5.99. The Morgan fingerprint density at radius 1 is 1.03 bits per heavy atom. The molecule has 0 spiro atoms. The molecule has 1 aromatic carbocycles. The first-order chi connectivity index (χ1) is 14.6. The van der Waals surface area contributed by atoms with Gasteiger partial charge in [0.15, 0.2) is 0 Å². The summed E-state index contributed by atoms with van der Waals surface area (Å²) in [6.45, 7) is 9.95. The van der Waals surface area contributed by atoms with E-state index < -0.39 is 0 Å². The molecule has 1 aromatic heterocycles. The summed E-state index contributed by atoms with van der Waals surface area (Å²) < 4.78 is 1.98. The highest BCUT2D eigenvalue weighted by molar-refractivity contribution is 5.93. The number of carbonyl (C=O) groups excluding carboxylic acids is 1. The molecule has 0 aliphatic heterocycles. The highest BCUT2D eigenvalue weighted by atomic mass is 16.2. The van der Waals surface area contributed by atoms with Crippen LogP contribution in [0.2, 0.25) is 0 Å². The lowest BCUT2D eigenvalue weighted by Crippen LogP contribution is -2.16. The van der Waals surface area contributed by atoms with Crippen molar-refractivity contribution in [2.45, 2.75) is 91.4 Å². The second kappa shape index (κ2) is 13.1. The largest absolute Gasteiger partial charge is 0.284 e. The molecule has 0 saturated carbocycles. The van der Waals surface area contributed by atoms with E-state index in [-0.39, 0.29) is 5.91 Å². The summed E-state index contributed by atoms with van der Waals surface area (Å²) in [7, 11) is 0. The number of hydrogen-bond donors (Lipinski definition) is 0. The Balaban J connectivity index is 2.07. The van der Waals surface area contributed by atoms with Gasteiger partial charge in [-0.15, -0.1) is 0 Å². The number of nitrogens with zero attached hydrogens (tertiary/aromatic N) is 3. The van der Waals surface area contributed by atoms with E-state index in [1.54, 1.807) is 0 Å². The van der Waals surface area contributed by atoms with Gasteiger partial charge in [0.25, 0.3) is 0 Å². The lowest BCUT2D eigenvalue weighted by molar-refractivity contribution is 0.0900. The first-order valence-electron chi connectivity index (χ1n) is 11.7. The molecule has 2 rings (SSSR count). The van der Waals surface area contributed by atoms with Gasteiger partial charge in [0.05, 0.1) is 5.52 Å². The molecule has 30 heavy (non-hydrogen) atoms. The Morgan fingerprint density at radius 3 is 2.50 bits per heavy atom. The van der Waals surface area contributed by atoms with Gasteiger partial charge in [0.2, 0.25) is 5.91 Å².